The third-order valence-electron chi connectivity index (χ3n) is 3.56. The maximum atomic E-state index is 12.2. The van der Waals surface area contributed by atoms with E-state index in [1.54, 1.807) is 36.5 Å². The van der Waals surface area contributed by atoms with Crippen LogP contribution in [0.1, 0.15) is 39.3 Å². The molecule has 1 heterocycles. The van der Waals surface area contributed by atoms with E-state index in [9.17, 15) is 9.59 Å². The summed E-state index contributed by atoms with van der Waals surface area (Å²) in [6, 6.07) is 10.8. The number of hydrogen-bond donors (Lipinski definition) is 2. The number of aromatic nitrogens is 1. The fourth-order valence-corrected chi connectivity index (χ4v) is 2.08. The van der Waals surface area contributed by atoms with Gasteiger partial charge in [-0.2, -0.15) is 0 Å². The number of anilines is 1. The van der Waals surface area contributed by atoms with E-state index in [0.717, 1.165) is 18.4 Å². The Morgan fingerprint density at radius 3 is 2.64 bits per heavy atom. The highest BCUT2D eigenvalue weighted by Crippen LogP contribution is 2.21. The van der Waals surface area contributed by atoms with Crippen LogP contribution in [0, 0.1) is 6.92 Å². The largest absolute Gasteiger partial charge is 0.349 e. The zero-order valence-corrected chi connectivity index (χ0v) is 12.3. The lowest BCUT2D eigenvalue weighted by atomic mass is 10.1. The van der Waals surface area contributed by atoms with E-state index in [4.69, 9.17) is 0 Å². The molecule has 1 aliphatic carbocycles. The third kappa shape index (κ3) is 3.31. The van der Waals surface area contributed by atoms with Crippen molar-refractivity contribution in [3.05, 3.63) is 59.4 Å². The molecule has 0 atom stereocenters. The van der Waals surface area contributed by atoms with Crippen molar-refractivity contribution in [2.24, 2.45) is 0 Å². The minimum atomic E-state index is -0.288. The number of hydrogen-bond acceptors (Lipinski definition) is 3. The molecule has 22 heavy (non-hydrogen) atoms. The fraction of sp³-hybridized carbons (Fsp3) is 0.235. The van der Waals surface area contributed by atoms with Gasteiger partial charge in [0.2, 0.25) is 0 Å². The van der Waals surface area contributed by atoms with Crippen LogP contribution in [-0.2, 0) is 0 Å². The van der Waals surface area contributed by atoms with Crippen molar-refractivity contribution in [2.75, 3.05) is 5.32 Å². The van der Waals surface area contributed by atoms with E-state index in [-0.39, 0.29) is 11.8 Å². The Kier molecular flexibility index (Phi) is 3.87. The quantitative estimate of drug-likeness (QED) is 0.910. The average molecular weight is 295 g/mol. The minimum Gasteiger partial charge on any atom is -0.349 e. The van der Waals surface area contributed by atoms with Gasteiger partial charge >= 0.3 is 0 Å². The minimum absolute atomic E-state index is 0.101. The molecule has 5 heteroatoms. The van der Waals surface area contributed by atoms with Crippen molar-refractivity contribution in [2.45, 2.75) is 25.8 Å². The van der Waals surface area contributed by atoms with Crippen molar-refractivity contribution in [1.29, 1.82) is 0 Å². The van der Waals surface area contributed by atoms with Crippen LogP contribution in [0.5, 0.6) is 0 Å². The highest BCUT2D eigenvalue weighted by molar-refractivity contribution is 6.04. The van der Waals surface area contributed by atoms with Crippen LogP contribution >= 0.6 is 0 Å². The van der Waals surface area contributed by atoms with Crippen molar-refractivity contribution in [1.82, 2.24) is 10.3 Å². The number of carbonyl (C=O) groups is 2. The van der Waals surface area contributed by atoms with Crippen LogP contribution in [0.25, 0.3) is 0 Å². The van der Waals surface area contributed by atoms with E-state index in [0.29, 0.717) is 23.0 Å². The summed E-state index contributed by atoms with van der Waals surface area (Å²) in [5, 5.41) is 5.75. The molecular formula is C17H17N3O2. The molecular weight excluding hydrogens is 278 g/mol. The summed E-state index contributed by atoms with van der Waals surface area (Å²) < 4.78 is 0. The molecule has 1 fully saturated rings. The number of amides is 2. The zero-order chi connectivity index (χ0) is 15.5. The third-order valence-corrected chi connectivity index (χ3v) is 3.56. The van der Waals surface area contributed by atoms with Crippen molar-refractivity contribution < 1.29 is 9.59 Å². The topological polar surface area (TPSA) is 71.1 Å². The summed E-state index contributed by atoms with van der Waals surface area (Å²) >= 11 is 0. The molecule has 0 radical (unpaired) electrons. The summed E-state index contributed by atoms with van der Waals surface area (Å²) in [6.45, 7) is 1.89. The van der Waals surface area contributed by atoms with Gasteiger partial charge in [-0.25, -0.2) is 0 Å². The molecule has 0 aliphatic heterocycles. The Hall–Kier alpha value is -2.69. The Morgan fingerprint density at radius 2 is 1.95 bits per heavy atom. The molecule has 1 aromatic carbocycles. The van der Waals surface area contributed by atoms with Gasteiger partial charge in [-0.15, -0.1) is 0 Å². The predicted octanol–water partition coefficient (Wildman–Crippen LogP) is 2.53. The summed E-state index contributed by atoms with van der Waals surface area (Å²) in [5.41, 5.74) is 2.41. The number of rotatable bonds is 4. The standard InChI is InChI=1S/C17H17N3O2/c1-11-5-6-12(16(21)19-13-7-8-13)10-15(11)20-17(22)14-4-2-3-9-18-14/h2-6,9-10,13H,7-8H2,1H3,(H,19,21)(H,20,22). The number of benzene rings is 1. The van der Waals surface area contributed by atoms with Crippen molar-refractivity contribution in [3.63, 3.8) is 0 Å². The normalized spacial score (nSPS) is 13.5. The summed E-state index contributed by atoms with van der Waals surface area (Å²) in [5.74, 6) is -0.390. The molecule has 2 N–H and O–H groups in total. The Bertz CT molecular complexity index is 709. The van der Waals surface area contributed by atoms with Crippen molar-refractivity contribution in [3.8, 4) is 0 Å². The van der Waals surface area contributed by atoms with Crippen LogP contribution in [-0.4, -0.2) is 22.8 Å². The number of nitrogens with zero attached hydrogens (tertiary/aromatic N) is 1. The number of aryl methyl sites for hydroxylation is 1. The molecule has 2 amide bonds. The van der Waals surface area contributed by atoms with Gasteiger partial charge in [-0.05, 0) is 49.6 Å². The molecule has 0 bridgehead atoms. The van der Waals surface area contributed by atoms with Gasteiger partial charge in [0.15, 0.2) is 0 Å². The molecule has 0 saturated heterocycles. The number of carbonyl (C=O) groups excluding carboxylic acids is 2. The van der Waals surface area contributed by atoms with E-state index >= 15 is 0 Å². The first-order valence-electron chi connectivity index (χ1n) is 7.27. The maximum absolute atomic E-state index is 12.2. The average Bonchev–Trinajstić information content (AvgIpc) is 3.34. The Labute approximate surface area is 128 Å². The second-order valence-corrected chi connectivity index (χ2v) is 5.45. The lowest BCUT2D eigenvalue weighted by Gasteiger charge is -2.10. The van der Waals surface area contributed by atoms with Crippen LogP contribution in [0.15, 0.2) is 42.6 Å². The van der Waals surface area contributed by atoms with Gasteiger partial charge in [0.25, 0.3) is 11.8 Å². The monoisotopic (exact) mass is 295 g/mol. The summed E-state index contributed by atoms with van der Waals surface area (Å²) in [7, 11) is 0. The van der Waals surface area contributed by atoms with E-state index in [1.165, 1.54) is 0 Å². The Morgan fingerprint density at radius 1 is 1.14 bits per heavy atom. The van der Waals surface area contributed by atoms with Crippen LogP contribution in [0.3, 0.4) is 0 Å². The molecule has 0 unspecified atom stereocenters. The van der Waals surface area contributed by atoms with E-state index < -0.39 is 0 Å². The molecule has 2 aromatic rings. The SMILES string of the molecule is Cc1ccc(C(=O)NC2CC2)cc1NC(=O)c1ccccn1. The van der Waals surface area contributed by atoms with Gasteiger partial charge in [-0.1, -0.05) is 12.1 Å². The molecule has 5 nitrogen and oxygen atoms in total. The molecule has 112 valence electrons. The van der Waals surface area contributed by atoms with Crippen LogP contribution in [0.2, 0.25) is 0 Å². The van der Waals surface area contributed by atoms with Crippen molar-refractivity contribution >= 4 is 17.5 Å². The first-order valence-corrected chi connectivity index (χ1v) is 7.27. The first kappa shape index (κ1) is 14.3. The highest BCUT2D eigenvalue weighted by atomic mass is 16.2. The number of nitrogens with one attached hydrogen (secondary N) is 2. The maximum Gasteiger partial charge on any atom is 0.274 e. The molecule has 1 aromatic heterocycles. The van der Waals surface area contributed by atoms with Crippen LogP contribution in [0.4, 0.5) is 5.69 Å². The smallest absolute Gasteiger partial charge is 0.274 e. The van der Waals surface area contributed by atoms with Gasteiger partial charge in [0, 0.05) is 23.5 Å². The fourth-order valence-electron chi connectivity index (χ4n) is 2.08. The zero-order valence-electron chi connectivity index (χ0n) is 12.3. The lowest BCUT2D eigenvalue weighted by Crippen LogP contribution is -2.25. The van der Waals surface area contributed by atoms with Gasteiger partial charge in [0.1, 0.15) is 5.69 Å². The molecule has 0 spiro atoms. The Balaban J connectivity index is 1.77. The predicted molar refractivity (Wildman–Crippen MR) is 83.9 cm³/mol. The van der Waals surface area contributed by atoms with Crippen LogP contribution < -0.4 is 10.6 Å². The van der Waals surface area contributed by atoms with Gasteiger partial charge in [-0.3, -0.25) is 14.6 Å². The lowest BCUT2D eigenvalue weighted by molar-refractivity contribution is 0.0949. The number of pyridine rings is 1. The first-order chi connectivity index (χ1) is 10.6. The second-order valence-electron chi connectivity index (χ2n) is 5.45. The summed E-state index contributed by atoms with van der Waals surface area (Å²) in [6.07, 6.45) is 3.66. The highest BCUT2D eigenvalue weighted by Gasteiger charge is 2.24. The second kappa shape index (κ2) is 5.97. The summed E-state index contributed by atoms with van der Waals surface area (Å²) in [4.78, 5) is 28.3. The van der Waals surface area contributed by atoms with Gasteiger partial charge < -0.3 is 10.6 Å². The molecule has 1 saturated carbocycles. The van der Waals surface area contributed by atoms with Gasteiger partial charge in [0.05, 0.1) is 0 Å². The van der Waals surface area contributed by atoms with E-state index in [1.807, 2.05) is 13.0 Å². The van der Waals surface area contributed by atoms with E-state index in [2.05, 4.69) is 15.6 Å². The molecule has 1 aliphatic rings. The molecule has 3 rings (SSSR count).